The number of alkyl halides is 3. The minimum Gasteiger partial charge on any atom is -0.243 e. The monoisotopic (exact) mass is 420 g/mol. The normalized spacial score (nSPS) is 12.2. The van der Waals surface area contributed by atoms with Gasteiger partial charge in [-0.25, -0.2) is 14.3 Å². The van der Waals surface area contributed by atoms with Crippen molar-refractivity contribution in [3.63, 3.8) is 0 Å². The van der Waals surface area contributed by atoms with Crippen molar-refractivity contribution in [2.24, 2.45) is 0 Å². The molecule has 0 aliphatic rings. The summed E-state index contributed by atoms with van der Waals surface area (Å²) < 4.78 is 42.3. The van der Waals surface area contributed by atoms with Gasteiger partial charge in [-0.2, -0.15) is 28.4 Å². The van der Waals surface area contributed by atoms with Gasteiger partial charge in [0.2, 0.25) is 5.28 Å². The predicted octanol–water partition coefficient (Wildman–Crippen LogP) is 4.86. The van der Waals surface area contributed by atoms with Crippen LogP contribution < -0.4 is 0 Å². The van der Waals surface area contributed by atoms with E-state index < -0.39 is 11.9 Å². The van der Waals surface area contributed by atoms with Crippen molar-refractivity contribution in [3.05, 3.63) is 65.0 Å². The maximum absolute atomic E-state index is 13.1. The van der Waals surface area contributed by atoms with Crippen LogP contribution in [0.5, 0.6) is 0 Å². The van der Waals surface area contributed by atoms with E-state index in [1.54, 1.807) is 29.2 Å². The molecule has 29 heavy (non-hydrogen) atoms. The van der Waals surface area contributed by atoms with Gasteiger partial charge in [-0.1, -0.05) is 26.0 Å². The summed E-state index contributed by atoms with van der Waals surface area (Å²) in [4.78, 5) is 8.11. The van der Waals surface area contributed by atoms with Gasteiger partial charge in [-0.3, -0.25) is 0 Å². The van der Waals surface area contributed by atoms with Gasteiger partial charge in [0.05, 0.1) is 23.8 Å². The molecule has 0 fully saturated rings. The second kappa shape index (κ2) is 7.14. The predicted molar refractivity (Wildman–Crippen MR) is 102 cm³/mol. The van der Waals surface area contributed by atoms with E-state index >= 15 is 0 Å². The maximum Gasteiger partial charge on any atom is 0.435 e. The lowest BCUT2D eigenvalue weighted by molar-refractivity contribution is -0.141. The van der Waals surface area contributed by atoms with Gasteiger partial charge in [0, 0.05) is 11.9 Å². The van der Waals surface area contributed by atoms with Gasteiger partial charge in [-0.05, 0) is 41.3 Å². The topological polar surface area (TPSA) is 61.4 Å². The first-order chi connectivity index (χ1) is 13.7. The number of benzene rings is 1. The highest BCUT2D eigenvalue weighted by Gasteiger charge is 2.35. The third kappa shape index (κ3) is 3.82. The zero-order valence-corrected chi connectivity index (χ0v) is 16.3. The van der Waals surface area contributed by atoms with E-state index in [1.165, 1.54) is 4.68 Å². The van der Waals surface area contributed by atoms with Crippen LogP contribution in [0.1, 0.15) is 36.7 Å². The molecular formula is C19H16ClF3N6. The Hall–Kier alpha value is -2.94. The summed E-state index contributed by atoms with van der Waals surface area (Å²) in [6.45, 7) is 4.09. The van der Waals surface area contributed by atoms with Crippen LogP contribution >= 0.6 is 11.6 Å². The summed E-state index contributed by atoms with van der Waals surface area (Å²) in [5.41, 5.74) is 1.67. The molecule has 0 amide bonds. The zero-order chi connectivity index (χ0) is 20.8. The standard InChI is InChI=1S/C19H16ClF3N6/c1-11(2)15-7-16(19(21,22)23)27-29(15)14-5-3-12(4-6-14)10-28-17-13(9-25-28)8-24-18(20)26-17/h3-9,11H,10H2,1-2H3. The van der Waals surface area contributed by atoms with E-state index in [1.807, 2.05) is 26.0 Å². The van der Waals surface area contributed by atoms with Crippen LogP contribution in [0.15, 0.2) is 42.7 Å². The Kier molecular flexibility index (Phi) is 4.77. The number of hydrogen-bond donors (Lipinski definition) is 0. The SMILES string of the molecule is CC(C)c1cc(C(F)(F)F)nn1-c1ccc(Cn2ncc3cnc(Cl)nc32)cc1. The van der Waals surface area contributed by atoms with Gasteiger partial charge < -0.3 is 0 Å². The molecule has 6 nitrogen and oxygen atoms in total. The summed E-state index contributed by atoms with van der Waals surface area (Å²) in [5.74, 6) is -0.113. The number of aromatic nitrogens is 6. The molecule has 4 aromatic rings. The van der Waals surface area contributed by atoms with E-state index in [-0.39, 0.29) is 11.2 Å². The van der Waals surface area contributed by atoms with Crippen LogP contribution in [0.4, 0.5) is 13.2 Å². The number of halogens is 4. The molecule has 3 heterocycles. The van der Waals surface area contributed by atoms with Crippen molar-refractivity contribution in [3.8, 4) is 5.69 Å². The summed E-state index contributed by atoms with van der Waals surface area (Å²) >= 11 is 5.86. The minimum absolute atomic E-state index is 0.113. The first kappa shape index (κ1) is 19.4. The van der Waals surface area contributed by atoms with Crippen molar-refractivity contribution < 1.29 is 13.2 Å². The molecule has 0 unspecified atom stereocenters. The number of hydrogen-bond acceptors (Lipinski definition) is 4. The second-order valence-electron chi connectivity index (χ2n) is 6.91. The highest BCUT2D eigenvalue weighted by molar-refractivity contribution is 6.28. The molecule has 0 saturated carbocycles. The molecule has 0 N–H and O–H groups in total. The third-order valence-electron chi connectivity index (χ3n) is 4.48. The van der Waals surface area contributed by atoms with Crippen LogP contribution in [0, 0.1) is 0 Å². The van der Waals surface area contributed by atoms with E-state index in [2.05, 4.69) is 20.2 Å². The van der Waals surface area contributed by atoms with Crippen molar-refractivity contribution >= 4 is 22.6 Å². The Morgan fingerprint density at radius 1 is 1.10 bits per heavy atom. The van der Waals surface area contributed by atoms with Crippen molar-refractivity contribution in [2.45, 2.75) is 32.5 Å². The van der Waals surface area contributed by atoms with Crippen LogP contribution in [0.25, 0.3) is 16.7 Å². The molecule has 0 atom stereocenters. The lowest BCUT2D eigenvalue weighted by Crippen LogP contribution is -2.08. The van der Waals surface area contributed by atoms with Gasteiger partial charge >= 0.3 is 6.18 Å². The van der Waals surface area contributed by atoms with Gasteiger partial charge in [-0.15, -0.1) is 0 Å². The molecule has 0 saturated heterocycles. The number of fused-ring (bicyclic) bond motifs is 1. The Balaban J connectivity index is 1.64. The summed E-state index contributed by atoms with van der Waals surface area (Å²) in [7, 11) is 0. The molecular weight excluding hydrogens is 405 g/mol. The molecule has 150 valence electrons. The number of rotatable bonds is 4. The summed E-state index contributed by atoms with van der Waals surface area (Å²) in [6, 6.07) is 8.22. The first-order valence-electron chi connectivity index (χ1n) is 8.83. The van der Waals surface area contributed by atoms with Gasteiger partial charge in [0.1, 0.15) is 0 Å². The summed E-state index contributed by atoms with van der Waals surface area (Å²) in [5, 5.41) is 8.97. The fourth-order valence-electron chi connectivity index (χ4n) is 3.03. The fraction of sp³-hybridized carbons (Fsp3) is 0.263. The quantitative estimate of drug-likeness (QED) is 0.442. The summed E-state index contributed by atoms with van der Waals surface area (Å²) in [6.07, 6.45) is -1.24. The Morgan fingerprint density at radius 3 is 2.48 bits per heavy atom. The van der Waals surface area contributed by atoms with E-state index in [4.69, 9.17) is 11.6 Å². The fourth-order valence-corrected chi connectivity index (χ4v) is 3.16. The maximum atomic E-state index is 13.1. The lowest BCUT2D eigenvalue weighted by Gasteiger charge is -2.11. The largest absolute Gasteiger partial charge is 0.435 e. The highest BCUT2D eigenvalue weighted by atomic mass is 35.5. The molecule has 3 aromatic heterocycles. The first-order valence-corrected chi connectivity index (χ1v) is 9.20. The van der Waals surface area contributed by atoms with E-state index in [0.29, 0.717) is 23.6 Å². The molecule has 1 aromatic carbocycles. The smallest absolute Gasteiger partial charge is 0.243 e. The van der Waals surface area contributed by atoms with E-state index in [0.717, 1.165) is 17.0 Å². The third-order valence-corrected chi connectivity index (χ3v) is 4.66. The second-order valence-corrected chi connectivity index (χ2v) is 7.24. The van der Waals surface area contributed by atoms with Crippen molar-refractivity contribution in [1.82, 2.24) is 29.5 Å². The van der Waals surface area contributed by atoms with Gasteiger partial charge in [0.15, 0.2) is 11.3 Å². The molecule has 0 aliphatic heterocycles. The van der Waals surface area contributed by atoms with Gasteiger partial charge in [0.25, 0.3) is 0 Å². The van der Waals surface area contributed by atoms with Crippen LogP contribution in [-0.2, 0) is 12.7 Å². The highest BCUT2D eigenvalue weighted by Crippen LogP contribution is 2.31. The molecule has 0 radical (unpaired) electrons. The lowest BCUT2D eigenvalue weighted by atomic mass is 10.1. The van der Waals surface area contributed by atoms with Crippen LogP contribution in [-0.4, -0.2) is 29.5 Å². The number of nitrogens with zero attached hydrogens (tertiary/aromatic N) is 6. The molecule has 10 heteroatoms. The van der Waals surface area contributed by atoms with Crippen molar-refractivity contribution in [1.29, 1.82) is 0 Å². The Morgan fingerprint density at radius 2 is 1.83 bits per heavy atom. The van der Waals surface area contributed by atoms with Crippen LogP contribution in [0.3, 0.4) is 0 Å². The Bertz CT molecular complexity index is 1160. The van der Waals surface area contributed by atoms with Crippen molar-refractivity contribution in [2.75, 3.05) is 0 Å². The van der Waals surface area contributed by atoms with E-state index in [9.17, 15) is 13.2 Å². The van der Waals surface area contributed by atoms with Crippen LogP contribution in [0.2, 0.25) is 5.28 Å². The average Bonchev–Trinajstić information content (AvgIpc) is 3.27. The zero-order valence-electron chi connectivity index (χ0n) is 15.5. The molecule has 4 rings (SSSR count). The molecule has 0 spiro atoms. The Labute approximate surface area is 169 Å². The molecule has 0 bridgehead atoms. The average molecular weight is 421 g/mol. The molecule has 0 aliphatic carbocycles. The minimum atomic E-state index is -4.49.